The second-order valence-electron chi connectivity index (χ2n) is 9.35. The lowest BCUT2D eigenvalue weighted by atomic mass is 9.90. The van der Waals surface area contributed by atoms with Crippen molar-refractivity contribution >= 4 is 11.0 Å². The molecule has 1 aliphatic heterocycles. The molecule has 0 fully saturated rings. The van der Waals surface area contributed by atoms with E-state index in [4.69, 9.17) is 9.15 Å². The maximum absolute atomic E-state index is 12.2. The van der Waals surface area contributed by atoms with Gasteiger partial charge in [0.15, 0.2) is 0 Å². The molecule has 4 aromatic rings. The van der Waals surface area contributed by atoms with Crippen LogP contribution in [0, 0.1) is 6.92 Å². The fourth-order valence-corrected chi connectivity index (χ4v) is 5.19. The van der Waals surface area contributed by atoms with E-state index >= 15 is 0 Å². The Balaban J connectivity index is 1.48. The molecule has 0 bridgehead atoms. The fourth-order valence-electron chi connectivity index (χ4n) is 5.19. The first-order valence-electron chi connectivity index (χ1n) is 12.3. The molecule has 0 saturated heterocycles. The smallest absolute Gasteiger partial charge is 0.336 e. The van der Waals surface area contributed by atoms with Crippen LogP contribution < -0.4 is 15.3 Å². The lowest BCUT2D eigenvalue weighted by molar-refractivity contribution is -0.933. The topological polar surface area (TPSA) is 43.9 Å². The van der Waals surface area contributed by atoms with E-state index in [1.165, 1.54) is 21.6 Å². The van der Waals surface area contributed by atoms with Gasteiger partial charge in [0.2, 0.25) is 6.73 Å². The highest BCUT2D eigenvalue weighted by Crippen LogP contribution is 2.34. The van der Waals surface area contributed by atoms with Crippen LogP contribution in [0.1, 0.15) is 53.5 Å². The highest BCUT2D eigenvalue weighted by molar-refractivity contribution is 5.86. The number of hydrogen-bond acceptors (Lipinski definition) is 3. The minimum atomic E-state index is -0.279. The first-order chi connectivity index (χ1) is 16.6. The largest absolute Gasteiger partial charge is 0.444 e. The van der Waals surface area contributed by atoms with Crippen LogP contribution >= 0.6 is 0 Å². The molecule has 5 rings (SSSR count). The molecule has 1 aliphatic rings. The second-order valence-corrected chi connectivity index (χ2v) is 9.35. The summed E-state index contributed by atoms with van der Waals surface area (Å²) >= 11 is 0. The van der Waals surface area contributed by atoms with Crippen molar-refractivity contribution in [3.05, 3.63) is 111 Å². The Morgan fingerprint density at radius 3 is 2.29 bits per heavy atom. The van der Waals surface area contributed by atoms with Gasteiger partial charge in [-0.3, -0.25) is 4.90 Å². The normalized spacial score (nSPS) is 15.3. The highest BCUT2D eigenvalue weighted by Gasteiger charge is 2.28. The molecule has 0 spiro atoms. The van der Waals surface area contributed by atoms with Crippen LogP contribution in [0.3, 0.4) is 0 Å². The van der Waals surface area contributed by atoms with Gasteiger partial charge in [0.25, 0.3) is 0 Å². The Morgan fingerprint density at radius 1 is 0.971 bits per heavy atom. The van der Waals surface area contributed by atoms with Gasteiger partial charge in [-0.2, -0.15) is 0 Å². The predicted octanol–water partition coefficient (Wildman–Crippen LogP) is 5.01. The molecule has 4 heteroatoms. The molecule has 174 valence electrons. The van der Waals surface area contributed by atoms with Crippen LogP contribution in [0.25, 0.3) is 11.0 Å². The van der Waals surface area contributed by atoms with Crippen molar-refractivity contribution in [1.82, 2.24) is 0 Å². The van der Waals surface area contributed by atoms with Crippen molar-refractivity contribution in [3.63, 3.8) is 0 Å². The van der Waals surface area contributed by atoms with Gasteiger partial charge < -0.3 is 9.15 Å². The lowest BCUT2D eigenvalue weighted by Gasteiger charge is -2.30. The Kier molecular flexibility index (Phi) is 6.50. The summed E-state index contributed by atoms with van der Waals surface area (Å²) in [4.78, 5) is 13.6. The first-order valence-corrected chi connectivity index (χ1v) is 12.3. The molecule has 1 atom stereocenters. The molecule has 2 heterocycles. The third-order valence-corrected chi connectivity index (χ3v) is 6.93. The number of unbranched alkanes of at least 4 members (excludes halogenated alkanes) is 1. The molecule has 1 N–H and O–H groups in total. The zero-order valence-corrected chi connectivity index (χ0v) is 20.0. The zero-order valence-electron chi connectivity index (χ0n) is 20.0. The van der Waals surface area contributed by atoms with Crippen molar-refractivity contribution in [1.29, 1.82) is 0 Å². The van der Waals surface area contributed by atoms with Gasteiger partial charge in [0, 0.05) is 22.6 Å². The zero-order chi connectivity index (χ0) is 23.5. The molecule has 0 saturated carbocycles. The fraction of sp³-hybridized carbons (Fsp3) is 0.300. The molecule has 0 radical (unpaired) electrons. The number of hydrogen-bond donors (Lipinski definition) is 1. The Hall–Kier alpha value is -3.37. The van der Waals surface area contributed by atoms with Gasteiger partial charge in [0.05, 0.1) is 12.5 Å². The molecule has 1 unspecified atom stereocenters. The van der Waals surface area contributed by atoms with Gasteiger partial charge in [-0.25, -0.2) is 4.79 Å². The number of fused-ring (bicyclic) bond motifs is 2. The van der Waals surface area contributed by atoms with E-state index in [0.29, 0.717) is 18.2 Å². The van der Waals surface area contributed by atoms with E-state index in [2.05, 4.69) is 73.7 Å². The third-order valence-electron chi connectivity index (χ3n) is 6.93. The van der Waals surface area contributed by atoms with Gasteiger partial charge in [-0.15, -0.1) is 0 Å². The maximum Gasteiger partial charge on any atom is 0.336 e. The quantitative estimate of drug-likeness (QED) is 0.399. The van der Waals surface area contributed by atoms with Gasteiger partial charge >= 0.3 is 5.63 Å². The Labute approximate surface area is 200 Å². The summed E-state index contributed by atoms with van der Waals surface area (Å²) in [5, 5.41) is 1.05. The molecule has 1 aromatic heterocycles. The summed E-state index contributed by atoms with van der Waals surface area (Å²) in [6.45, 7) is 6.60. The van der Waals surface area contributed by atoms with Crippen LogP contribution in [-0.2, 0) is 13.0 Å². The summed E-state index contributed by atoms with van der Waals surface area (Å²) in [7, 11) is 0. The van der Waals surface area contributed by atoms with Crippen LogP contribution in [0.4, 0.5) is 0 Å². The number of aryl methyl sites for hydroxylation is 2. The first kappa shape index (κ1) is 22.4. The predicted molar refractivity (Wildman–Crippen MR) is 136 cm³/mol. The van der Waals surface area contributed by atoms with Crippen molar-refractivity contribution in [2.24, 2.45) is 0 Å². The van der Waals surface area contributed by atoms with Crippen molar-refractivity contribution in [2.75, 3.05) is 13.3 Å². The monoisotopic (exact) mass is 454 g/mol. The van der Waals surface area contributed by atoms with Crippen LogP contribution in [0.2, 0.25) is 0 Å². The summed E-state index contributed by atoms with van der Waals surface area (Å²) in [6, 6.07) is 25.3. The molecule has 0 amide bonds. The molecular formula is C30H32NO3+. The van der Waals surface area contributed by atoms with E-state index in [1.807, 2.05) is 6.92 Å². The minimum Gasteiger partial charge on any atom is -0.444 e. The summed E-state index contributed by atoms with van der Waals surface area (Å²) in [5.41, 5.74) is 6.25. The van der Waals surface area contributed by atoms with E-state index < -0.39 is 0 Å². The average molecular weight is 455 g/mol. The summed E-state index contributed by atoms with van der Waals surface area (Å²) in [5.74, 6) is 1.17. The minimum absolute atomic E-state index is 0.279. The number of benzene rings is 3. The van der Waals surface area contributed by atoms with Crippen molar-refractivity contribution < 1.29 is 14.1 Å². The standard InChI is InChI=1S/C30H31NO3/c1-3-4-11-24-17-28(32)34-30-21(2)29-25(16-26(24)30)18-31(20-33-29)19-27(22-12-7-5-8-13-22)23-14-9-6-10-15-23/h5-10,12-17,27H,3-4,11,18-20H2,1-2H3/p+1. The molecule has 0 aliphatic carbocycles. The lowest BCUT2D eigenvalue weighted by Crippen LogP contribution is -3.12. The summed E-state index contributed by atoms with van der Waals surface area (Å²) < 4.78 is 12.0. The van der Waals surface area contributed by atoms with Crippen LogP contribution in [0.5, 0.6) is 5.75 Å². The van der Waals surface area contributed by atoms with E-state index in [0.717, 1.165) is 54.6 Å². The third kappa shape index (κ3) is 4.51. The number of quaternary nitrogens is 1. The number of nitrogens with one attached hydrogen (secondary N) is 1. The van der Waals surface area contributed by atoms with E-state index in [1.54, 1.807) is 6.07 Å². The number of rotatable bonds is 7. The van der Waals surface area contributed by atoms with Crippen LogP contribution in [0.15, 0.2) is 82.0 Å². The van der Waals surface area contributed by atoms with Crippen molar-refractivity contribution in [2.45, 2.75) is 45.6 Å². The van der Waals surface area contributed by atoms with Gasteiger partial charge in [0.1, 0.15) is 17.9 Å². The van der Waals surface area contributed by atoms with Crippen LogP contribution in [-0.4, -0.2) is 13.3 Å². The Bertz CT molecular complexity index is 1290. The van der Waals surface area contributed by atoms with Gasteiger partial charge in [-0.05, 0) is 42.5 Å². The molecule has 4 nitrogen and oxygen atoms in total. The molecular weight excluding hydrogens is 422 g/mol. The summed E-state index contributed by atoms with van der Waals surface area (Å²) in [6.07, 6.45) is 3.03. The van der Waals surface area contributed by atoms with Crippen molar-refractivity contribution in [3.8, 4) is 5.75 Å². The molecule has 34 heavy (non-hydrogen) atoms. The average Bonchev–Trinajstić information content (AvgIpc) is 2.87. The SMILES string of the molecule is CCCCc1cc(=O)oc2c(C)c3c(cc12)C[NH+](CC(c1ccccc1)c1ccccc1)CO3. The molecule has 3 aromatic carbocycles. The van der Waals surface area contributed by atoms with E-state index in [9.17, 15) is 4.79 Å². The number of ether oxygens (including phenoxy) is 1. The Morgan fingerprint density at radius 2 is 1.65 bits per heavy atom. The maximum atomic E-state index is 12.2. The van der Waals surface area contributed by atoms with E-state index in [-0.39, 0.29) is 5.63 Å². The second kappa shape index (κ2) is 9.86. The highest BCUT2D eigenvalue weighted by atomic mass is 16.5. The van der Waals surface area contributed by atoms with Gasteiger partial charge in [-0.1, -0.05) is 74.0 Å².